The number of amides is 3. The molecule has 1 saturated carbocycles. The molecule has 1 heterocycles. The Kier molecular flexibility index (Phi) is 9.23. The van der Waals surface area contributed by atoms with Crippen molar-refractivity contribution in [2.75, 3.05) is 11.4 Å². The van der Waals surface area contributed by atoms with E-state index < -0.39 is 53.8 Å². The SMILES string of the molecule is NC(=O)CN1C(=O)C(NC(=O)[C@H](Cc2ccc(F)c(F)c2)c2ccc(F)cc2)N=C(C2CCCCCC2)c2ccccc21. The van der Waals surface area contributed by atoms with Crippen LogP contribution >= 0.6 is 0 Å². The normalized spacial score (nSPS) is 18.2. The number of carbonyl (C=O) groups excluding carboxylic acids is 3. The van der Waals surface area contributed by atoms with Gasteiger partial charge in [-0.2, -0.15) is 0 Å². The molecule has 0 radical (unpaired) electrons. The van der Waals surface area contributed by atoms with Gasteiger partial charge in [-0.3, -0.25) is 24.3 Å². The molecule has 5 rings (SSSR count). The zero-order chi connectivity index (χ0) is 30.5. The topological polar surface area (TPSA) is 105 Å². The van der Waals surface area contributed by atoms with Gasteiger partial charge in [0.2, 0.25) is 18.0 Å². The second kappa shape index (κ2) is 13.2. The lowest BCUT2D eigenvalue weighted by Crippen LogP contribution is -2.50. The Balaban J connectivity index is 1.54. The Morgan fingerprint density at radius 2 is 1.63 bits per heavy atom. The van der Waals surface area contributed by atoms with Gasteiger partial charge in [-0.1, -0.05) is 62.1 Å². The number of nitrogens with zero attached hydrogens (tertiary/aromatic N) is 2. The van der Waals surface area contributed by atoms with Crippen molar-refractivity contribution in [1.29, 1.82) is 0 Å². The minimum atomic E-state index is -1.38. The summed E-state index contributed by atoms with van der Waals surface area (Å²) >= 11 is 0. The Bertz CT molecular complexity index is 1530. The minimum Gasteiger partial charge on any atom is -0.368 e. The predicted octanol–water partition coefficient (Wildman–Crippen LogP) is 5.16. The summed E-state index contributed by atoms with van der Waals surface area (Å²) in [4.78, 5) is 46.1. The maximum atomic E-state index is 14.1. The molecule has 10 heteroatoms. The van der Waals surface area contributed by atoms with Crippen LogP contribution in [0.5, 0.6) is 0 Å². The van der Waals surface area contributed by atoms with Crippen LogP contribution in [0.25, 0.3) is 0 Å². The van der Waals surface area contributed by atoms with Crippen molar-refractivity contribution in [1.82, 2.24) is 5.32 Å². The smallest absolute Gasteiger partial charge is 0.272 e. The number of rotatable bonds is 8. The fraction of sp³-hybridized carbons (Fsp3) is 0.333. The number of benzodiazepines with no additional fused rings is 1. The molecule has 3 aromatic rings. The Morgan fingerprint density at radius 3 is 2.30 bits per heavy atom. The number of benzene rings is 3. The first-order chi connectivity index (χ1) is 20.7. The second-order valence-electron chi connectivity index (χ2n) is 11.1. The first-order valence-electron chi connectivity index (χ1n) is 14.5. The number of carbonyl (C=O) groups is 3. The third-order valence-corrected chi connectivity index (χ3v) is 8.09. The minimum absolute atomic E-state index is 0.0412. The maximum absolute atomic E-state index is 14.1. The van der Waals surface area contributed by atoms with Crippen molar-refractivity contribution in [2.45, 2.75) is 57.0 Å². The first-order valence-corrected chi connectivity index (χ1v) is 14.5. The average molecular weight is 591 g/mol. The van der Waals surface area contributed by atoms with Crippen molar-refractivity contribution in [2.24, 2.45) is 16.6 Å². The van der Waals surface area contributed by atoms with Crippen LogP contribution < -0.4 is 16.0 Å². The average Bonchev–Trinajstić information content (AvgIpc) is 3.33. The monoisotopic (exact) mass is 590 g/mol. The van der Waals surface area contributed by atoms with E-state index in [0.717, 1.165) is 50.7 Å². The van der Waals surface area contributed by atoms with Gasteiger partial charge in [-0.25, -0.2) is 13.2 Å². The molecule has 0 bridgehead atoms. The van der Waals surface area contributed by atoms with Gasteiger partial charge in [0.1, 0.15) is 12.4 Å². The van der Waals surface area contributed by atoms with Crippen LogP contribution in [-0.2, 0) is 20.8 Å². The van der Waals surface area contributed by atoms with Crippen molar-refractivity contribution in [3.05, 3.63) is 101 Å². The molecule has 2 atom stereocenters. The van der Waals surface area contributed by atoms with Crippen molar-refractivity contribution >= 4 is 29.1 Å². The van der Waals surface area contributed by atoms with E-state index in [1.807, 2.05) is 12.1 Å². The summed E-state index contributed by atoms with van der Waals surface area (Å²) in [6, 6.07) is 15.8. The van der Waals surface area contributed by atoms with Crippen LogP contribution in [0.3, 0.4) is 0 Å². The fourth-order valence-corrected chi connectivity index (χ4v) is 5.94. The van der Waals surface area contributed by atoms with Crippen LogP contribution in [0, 0.1) is 23.4 Å². The van der Waals surface area contributed by atoms with Gasteiger partial charge < -0.3 is 11.1 Å². The number of para-hydroxylation sites is 1. The van der Waals surface area contributed by atoms with E-state index >= 15 is 0 Å². The molecule has 3 aromatic carbocycles. The highest BCUT2D eigenvalue weighted by atomic mass is 19.2. The van der Waals surface area contributed by atoms with Gasteiger partial charge in [0.15, 0.2) is 11.6 Å². The third-order valence-electron chi connectivity index (χ3n) is 8.09. The van der Waals surface area contributed by atoms with Gasteiger partial charge >= 0.3 is 0 Å². The Morgan fingerprint density at radius 1 is 0.930 bits per heavy atom. The quantitative estimate of drug-likeness (QED) is 0.354. The first kappa shape index (κ1) is 30.0. The van der Waals surface area contributed by atoms with Crippen LogP contribution in [0.15, 0.2) is 71.7 Å². The molecule has 1 unspecified atom stereocenters. The van der Waals surface area contributed by atoms with Crippen molar-refractivity contribution in [3.8, 4) is 0 Å². The second-order valence-corrected chi connectivity index (χ2v) is 11.1. The molecule has 0 saturated heterocycles. The fourth-order valence-electron chi connectivity index (χ4n) is 5.94. The summed E-state index contributed by atoms with van der Waals surface area (Å²) in [6.45, 7) is -0.411. The molecule has 1 aliphatic heterocycles. The van der Waals surface area contributed by atoms with E-state index in [2.05, 4.69) is 5.32 Å². The van der Waals surface area contributed by atoms with Gasteiger partial charge in [-0.05, 0) is 60.7 Å². The summed E-state index contributed by atoms with van der Waals surface area (Å²) in [5, 5.41) is 2.76. The maximum Gasteiger partial charge on any atom is 0.272 e. The molecule has 1 fully saturated rings. The van der Waals surface area contributed by atoms with E-state index in [1.54, 1.807) is 12.1 Å². The lowest BCUT2D eigenvalue weighted by atomic mass is 9.89. The van der Waals surface area contributed by atoms with E-state index in [4.69, 9.17) is 10.7 Å². The molecule has 0 aromatic heterocycles. The number of anilines is 1. The number of fused-ring (bicyclic) bond motifs is 1. The zero-order valence-electron chi connectivity index (χ0n) is 23.6. The van der Waals surface area contributed by atoms with Crippen molar-refractivity contribution < 1.29 is 27.6 Å². The molecular formula is C33H33F3N4O3. The highest BCUT2D eigenvalue weighted by Gasteiger charge is 2.36. The number of nitrogens with one attached hydrogen (secondary N) is 1. The predicted molar refractivity (Wildman–Crippen MR) is 157 cm³/mol. The number of primary amides is 1. The highest BCUT2D eigenvalue weighted by molar-refractivity contribution is 6.15. The van der Waals surface area contributed by atoms with E-state index in [9.17, 15) is 27.6 Å². The van der Waals surface area contributed by atoms with Crippen LogP contribution in [0.2, 0.25) is 0 Å². The number of hydrogen-bond donors (Lipinski definition) is 2. The largest absolute Gasteiger partial charge is 0.368 e. The highest BCUT2D eigenvalue weighted by Crippen LogP contribution is 2.34. The third kappa shape index (κ3) is 6.96. The van der Waals surface area contributed by atoms with E-state index in [-0.39, 0.29) is 12.3 Å². The van der Waals surface area contributed by atoms with E-state index in [1.165, 1.54) is 35.2 Å². The lowest BCUT2D eigenvalue weighted by molar-refractivity contribution is -0.128. The summed E-state index contributed by atoms with van der Waals surface area (Å²) in [7, 11) is 0. The zero-order valence-corrected chi connectivity index (χ0v) is 23.6. The summed E-state index contributed by atoms with van der Waals surface area (Å²) < 4.78 is 41.4. The van der Waals surface area contributed by atoms with Crippen molar-refractivity contribution in [3.63, 3.8) is 0 Å². The molecule has 7 nitrogen and oxygen atoms in total. The molecule has 0 spiro atoms. The molecule has 3 amide bonds. The van der Waals surface area contributed by atoms with Gasteiger partial charge in [0, 0.05) is 11.5 Å². The summed E-state index contributed by atoms with van der Waals surface area (Å²) in [6.07, 6.45) is 4.50. The standard InChI is InChI=1S/C33H33F3N4O3/c34-23-14-12-21(13-15-23)25(17-20-11-16-26(35)27(36)18-20)32(42)39-31-33(43)40(19-29(37)41)28-10-6-5-9-24(28)30(38-31)22-7-3-1-2-4-8-22/h5-6,9-16,18,22,25,31H,1-4,7-8,17,19H2,(H2,37,41)(H,39,42)/t25-,31?/m1/s1. The number of hydrogen-bond acceptors (Lipinski definition) is 4. The molecular weight excluding hydrogens is 557 g/mol. The van der Waals surface area contributed by atoms with Crippen LogP contribution in [0.4, 0.5) is 18.9 Å². The van der Waals surface area contributed by atoms with Crippen LogP contribution in [0.1, 0.15) is 61.1 Å². The number of nitrogens with two attached hydrogens (primary N) is 1. The Hall–Kier alpha value is -4.47. The molecule has 3 N–H and O–H groups in total. The van der Waals surface area contributed by atoms with Gasteiger partial charge in [0.05, 0.1) is 17.3 Å². The molecule has 224 valence electrons. The molecule has 1 aliphatic carbocycles. The number of aliphatic imine (C=N–C) groups is 1. The number of halogens is 3. The summed E-state index contributed by atoms with van der Waals surface area (Å²) in [5.41, 5.74) is 8.16. The summed E-state index contributed by atoms with van der Waals surface area (Å²) in [5.74, 6) is -5.53. The molecule has 2 aliphatic rings. The van der Waals surface area contributed by atoms with E-state index in [0.29, 0.717) is 28.1 Å². The van der Waals surface area contributed by atoms with Crippen LogP contribution in [-0.4, -0.2) is 36.1 Å². The lowest BCUT2D eigenvalue weighted by Gasteiger charge is -2.25. The van der Waals surface area contributed by atoms with Gasteiger partial charge in [0.25, 0.3) is 5.91 Å². The molecule has 43 heavy (non-hydrogen) atoms. The Labute approximate surface area is 248 Å². The van der Waals surface area contributed by atoms with Gasteiger partial charge in [-0.15, -0.1) is 0 Å².